The first kappa shape index (κ1) is 25.6. The second-order valence-corrected chi connectivity index (χ2v) is 8.69. The van der Waals surface area contributed by atoms with Crippen molar-refractivity contribution in [3.63, 3.8) is 0 Å². The van der Waals surface area contributed by atoms with Crippen LogP contribution in [0.4, 0.5) is 0 Å². The molecule has 0 aliphatic carbocycles. The molecule has 0 bridgehead atoms. The van der Waals surface area contributed by atoms with Gasteiger partial charge >= 0.3 is 0 Å². The zero-order chi connectivity index (χ0) is 23.5. The Bertz CT molecular complexity index is 873. The summed E-state index contributed by atoms with van der Waals surface area (Å²) < 4.78 is 10.5. The van der Waals surface area contributed by atoms with Crippen LogP contribution in [-0.4, -0.2) is 48.8 Å². The topological polar surface area (TPSA) is 67.9 Å². The molecule has 0 spiro atoms. The average Bonchev–Trinajstić information content (AvgIpc) is 2.82. The number of rotatable bonds is 12. The summed E-state index contributed by atoms with van der Waals surface area (Å²) in [4.78, 5) is 27.6. The number of carbonyl (C=O) groups is 2. The van der Waals surface area contributed by atoms with Gasteiger partial charge in [0.1, 0.15) is 17.5 Å². The Morgan fingerprint density at radius 1 is 1.00 bits per heavy atom. The molecule has 0 radical (unpaired) electrons. The monoisotopic (exact) mass is 458 g/mol. The van der Waals surface area contributed by atoms with E-state index in [-0.39, 0.29) is 23.6 Å². The first-order valence-corrected chi connectivity index (χ1v) is 12.0. The number of nitrogens with zero attached hydrogens (tertiary/aromatic N) is 1. The van der Waals surface area contributed by atoms with Crippen LogP contribution in [0.25, 0.3) is 0 Å². The number of ether oxygens (including phenoxy) is 2. The number of hydrogen-bond acceptors (Lipinski definition) is 5. The Balaban J connectivity index is 2.08. The molecule has 0 aromatic heterocycles. The van der Waals surface area contributed by atoms with E-state index in [0.29, 0.717) is 12.3 Å². The molecular formula is C25H34N2O4S. The summed E-state index contributed by atoms with van der Waals surface area (Å²) >= 11 is 1.53. The molecule has 0 heterocycles. The van der Waals surface area contributed by atoms with E-state index in [1.165, 1.54) is 11.8 Å². The second-order valence-electron chi connectivity index (χ2n) is 7.71. The van der Waals surface area contributed by atoms with Gasteiger partial charge in [-0.25, -0.2) is 0 Å². The van der Waals surface area contributed by atoms with Gasteiger partial charge in [0.2, 0.25) is 11.8 Å². The lowest BCUT2D eigenvalue weighted by Gasteiger charge is -2.29. The molecule has 2 rings (SSSR count). The SMILES string of the molecule is CC[C@H](C)NC(=O)[C@@H](C)N(Cc1cccc(OC)c1)C(=O)CSCc1ccc(OC)cc1. The third kappa shape index (κ3) is 7.79. The lowest BCUT2D eigenvalue weighted by Crippen LogP contribution is -2.50. The molecule has 0 unspecified atom stereocenters. The molecule has 2 aromatic carbocycles. The Hall–Kier alpha value is -2.67. The van der Waals surface area contributed by atoms with Gasteiger partial charge in [0, 0.05) is 18.3 Å². The normalized spacial score (nSPS) is 12.5. The van der Waals surface area contributed by atoms with Gasteiger partial charge in [-0.15, -0.1) is 11.8 Å². The third-order valence-electron chi connectivity index (χ3n) is 5.31. The highest BCUT2D eigenvalue weighted by molar-refractivity contribution is 7.99. The van der Waals surface area contributed by atoms with Crippen LogP contribution >= 0.6 is 11.8 Å². The summed E-state index contributed by atoms with van der Waals surface area (Å²) in [5.74, 6) is 2.31. The summed E-state index contributed by atoms with van der Waals surface area (Å²) in [6.45, 7) is 6.10. The van der Waals surface area contributed by atoms with Crippen molar-refractivity contribution in [3.8, 4) is 11.5 Å². The van der Waals surface area contributed by atoms with Crippen molar-refractivity contribution in [1.82, 2.24) is 10.2 Å². The summed E-state index contributed by atoms with van der Waals surface area (Å²) in [6, 6.07) is 14.9. The van der Waals surface area contributed by atoms with Gasteiger partial charge in [0.05, 0.1) is 20.0 Å². The summed E-state index contributed by atoms with van der Waals surface area (Å²) in [5, 5.41) is 2.99. The molecule has 7 heteroatoms. The van der Waals surface area contributed by atoms with Crippen LogP contribution in [0.2, 0.25) is 0 Å². The van der Waals surface area contributed by atoms with E-state index in [1.807, 2.05) is 62.4 Å². The zero-order valence-corrected chi connectivity index (χ0v) is 20.4. The largest absolute Gasteiger partial charge is 0.497 e. The number of nitrogens with one attached hydrogen (secondary N) is 1. The van der Waals surface area contributed by atoms with Crippen molar-refractivity contribution in [3.05, 3.63) is 59.7 Å². The zero-order valence-electron chi connectivity index (χ0n) is 19.6. The number of amides is 2. The molecule has 0 saturated carbocycles. The van der Waals surface area contributed by atoms with Crippen molar-refractivity contribution in [2.45, 2.75) is 51.6 Å². The van der Waals surface area contributed by atoms with Crippen molar-refractivity contribution in [2.75, 3.05) is 20.0 Å². The van der Waals surface area contributed by atoms with Crippen molar-refractivity contribution < 1.29 is 19.1 Å². The van der Waals surface area contributed by atoms with Crippen molar-refractivity contribution in [2.24, 2.45) is 0 Å². The number of thioether (sulfide) groups is 1. The van der Waals surface area contributed by atoms with Crippen LogP contribution in [0.3, 0.4) is 0 Å². The predicted molar refractivity (Wildman–Crippen MR) is 130 cm³/mol. The van der Waals surface area contributed by atoms with E-state index in [2.05, 4.69) is 5.32 Å². The number of hydrogen-bond donors (Lipinski definition) is 1. The molecule has 2 amide bonds. The molecule has 0 saturated heterocycles. The fraction of sp³-hybridized carbons (Fsp3) is 0.440. The predicted octanol–water partition coefficient (Wildman–Crippen LogP) is 4.27. The minimum absolute atomic E-state index is 0.0585. The van der Waals surface area contributed by atoms with Gasteiger partial charge in [-0.2, -0.15) is 0 Å². The number of carbonyl (C=O) groups excluding carboxylic acids is 2. The van der Waals surface area contributed by atoms with Gasteiger partial charge in [0.15, 0.2) is 0 Å². The van der Waals surface area contributed by atoms with E-state index in [0.717, 1.165) is 29.0 Å². The molecule has 0 aliphatic rings. The molecular weight excluding hydrogens is 424 g/mol. The first-order valence-electron chi connectivity index (χ1n) is 10.8. The van der Waals surface area contributed by atoms with E-state index in [9.17, 15) is 9.59 Å². The van der Waals surface area contributed by atoms with E-state index in [1.54, 1.807) is 26.0 Å². The van der Waals surface area contributed by atoms with Crippen LogP contribution in [0.5, 0.6) is 11.5 Å². The lowest BCUT2D eigenvalue weighted by atomic mass is 10.1. The molecule has 32 heavy (non-hydrogen) atoms. The minimum atomic E-state index is -0.579. The highest BCUT2D eigenvalue weighted by Crippen LogP contribution is 2.20. The Labute approximate surface area is 195 Å². The summed E-state index contributed by atoms with van der Waals surface area (Å²) in [7, 11) is 3.25. The lowest BCUT2D eigenvalue weighted by molar-refractivity contribution is -0.138. The Morgan fingerprint density at radius 2 is 1.69 bits per heavy atom. The molecule has 174 valence electrons. The smallest absolute Gasteiger partial charge is 0.242 e. The number of benzene rings is 2. The summed E-state index contributed by atoms with van der Waals surface area (Å²) in [6.07, 6.45) is 0.833. The van der Waals surface area contributed by atoms with Crippen LogP contribution in [0.1, 0.15) is 38.3 Å². The maximum atomic E-state index is 13.2. The van der Waals surface area contributed by atoms with Crippen molar-refractivity contribution >= 4 is 23.6 Å². The van der Waals surface area contributed by atoms with Crippen LogP contribution < -0.4 is 14.8 Å². The fourth-order valence-electron chi connectivity index (χ4n) is 3.08. The molecule has 1 N–H and O–H groups in total. The Kier molecular flexibility index (Phi) is 10.4. The maximum Gasteiger partial charge on any atom is 0.242 e. The number of methoxy groups -OCH3 is 2. The molecule has 0 aliphatic heterocycles. The molecule has 2 atom stereocenters. The van der Waals surface area contributed by atoms with E-state index >= 15 is 0 Å². The van der Waals surface area contributed by atoms with Crippen LogP contribution in [0, 0.1) is 0 Å². The summed E-state index contributed by atoms with van der Waals surface area (Å²) in [5.41, 5.74) is 2.03. The van der Waals surface area contributed by atoms with Crippen LogP contribution in [0.15, 0.2) is 48.5 Å². The average molecular weight is 459 g/mol. The van der Waals surface area contributed by atoms with Gasteiger partial charge in [0.25, 0.3) is 0 Å². The van der Waals surface area contributed by atoms with E-state index in [4.69, 9.17) is 9.47 Å². The molecule has 6 nitrogen and oxygen atoms in total. The standard InChI is InChI=1S/C25H34N2O4S/c1-6-18(2)26-25(29)19(3)27(15-21-8-7-9-23(14-21)31-5)24(28)17-32-16-20-10-12-22(30-4)13-11-20/h7-14,18-19H,6,15-17H2,1-5H3,(H,26,29)/t18-,19+/m0/s1. The first-order chi connectivity index (χ1) is 15.4. The third-order valence-corrected chi connectivity index (χ3v) is 6.30. The second kappa shape index (κ2) is 13.0. The molecule has 2 aromatic rings. The van der Waals surface area contributed by atoms with Gasteiger partial charge < -0.3 is 19.7 Å². The minimum Gasteiger partial charge on any atom is -0.497 e. The Morgan fingerprint density at radius 3 is 2.31 bits per heavy atom. The fourth-order valence-corrected chi connectivity index (χ4v) is 3.95. The van der Waals surface area contributed by atoms with Crippen LogP contribution in [-0.2, 0) is 21.9 Å². The quantitative estimate of drug-likeness (QED) is 0.515. The van der Waals surface area contributed by atoms with Gasteiger partial charge in [-0.3, -0.25) is 9.59 Å². The van der Waals surface area contributed by atoms with Gasteiger partial charge in [-0.1, -0.05) is 31.2 Å². The van der Waals surface area contributed by atoms with Gasteiger partial charge in [-0.05, 0) is 55.7 Å². The highest BCUT2D eigenvalue weighted by Gasteiger charge is 2.26. The molecule has 0 fully saturated rings. The maximum absolute atomic E-state index is 13.2. The van der Waals surface area contributed by atoms with Crippen molar-refractivity contribution in [1.29, 1.82) is 0 Å². The highest BCUT2D eigenvalue weighted by atomic mass is 32.2. The van der Waals surface area contributed by atoms with E-state index < -0.39 is 6.04 Å².